The first kappa shape index (κ1) is 11.7. The number of aryl methyl sites for hydroxylation is 1. The van der Waals surface area contributed by atoms with Gasteiger partial charge in [-0.1, -0.05) is 17.7 Å². The Morgan fingerprint density at radius 2 is 2.19 bits per heavy atom. The van der Waals surface area contributed by atoms with Crippen LogP contribution in [0.1, 0.15) is 24.8 Å². The Hall–Kier alpha value is -0.730. The highest BCUT2D eigenvalue weighted by molar-refractivity contribution is 6.33. The molecule has 1 saturated heterocycles. The molecule has 1 aromatic carbocycles. The molecular formula is C13H19ClN2. The van der Waals surface area contributed by atoms with Crippen LogP contribution in [0.2, 0.25) is 5.02 Å². The van der Waals surface area contributed by atoms with Crippen molar-refractivity contribution in [1.29, 1.82) is 0 Å². The molecule has 0 aromatic heterocycles. The predicted molar refractivity (Wildman–Crippen MR) is 70.3 cm³/mol. The monoisotopic (exact) mass is 238 g/mol. The molecular weight excluding hydrogens is 220 g/mol. The maximum atomic E-state index is 6.21. The van der Waals surface area contributed by atoms with Crippen LogP contribution in [-0.4, -0.2) is 19.1 Å². The van der Waals surface area contributed by atoms with Crippen molar-refractivity contribution in [2.75, 3.05) is 18.4 Å². The lowest BCUT2D eigenvalue weighted by Gasteiger charge is -2.18. The zero-order chi connectivity index (χ0) is 11.4. The summed E-state index contributed by atoms with van der Waals surface area (Å²) < 4.78 is 0. The fraction of sp³-hybridized carbons (Fsp3) is 0.538. The molecule has 88 valence electrons. The highest BCUT2D eigenvalue weighted by atomic mass is 35.5. The van der Waals surface area contributed by atoms with Crippen LogP contribution in [0.5, 0.6) is 0 Å². The highest BCUT2D eigenvalue weighted by Crippen LogP contribution is 2.24. The minimum Gasteiger partial charge on any atom is -0.381 e. The molecule has 0 aliphatic carbocycles. The topological polar surface area (TPSA) is 24.1 Å². The minimum absolute atomic E-state index is 0.551. The molecule has 0 radical (unpaired) electrons. The lowest BCUT2D eigenvalue weighted by atomic mass is 10.1. The molecule has 1 atom stereocenters. The fourth-order valence-corrected chi connectivity index (χ4v) is 2.41. The van der Waals surface area contributed by atoms with Crippen LogP contribution in [0.15, 0.2) is 18.2 Å². The van der Waals surface area contributed by atoms with Gasteiger partial charge in [0.2, 0.25) is 0 Å². The van der Waals surface area contributed by atoms with Gasteiger partial charge in [0, 0.05) is 6.04 Å². The summed E-state index contributed by atoms with van der Waals surface area (Å²) in [6.07, 6.45) is 3.63. The van der Waals surface area contributed by atoms with Crippen molar-refractivity contribution in [2.24, 2.45) is 0 Å². The van der Waals surface area contributed by atoms with E-state index < -0.39 is 0 Å². The lowest BCUT2D eigenvalue weighted by molar-refractivity contribution is 0.637. The number of hydrogen-bond donors (Lipinski definition) is 2. The zero-order valence-electron chi connectivity index (χ0n) is 9.72. The molecule has 2 N–H and O–H groups in total. The third-order valence-corrected chi connectivity index (χ3v) is 3.37. The molecule has 1 heterocycles. The molecule has 0 saturated carbocycles. The number of benzene rings is 1. The molecule has 2 nitrogen and oxygen atoms in total. The standard InChI is InChI=1S/C13H19ClN2/c1-10-4-5-13(12(14)9-10)16-11-3-2-7-15-8-6-11/h4-5,9,11,15-16H,2-3,6-8H2,1H3. The van der Waals surface area contributed by atoms with Crippen molar-refractivity contribution >= 4 is 17.3 Å². The van der Waals surface area contributed by atoms with Crippen LogP contribution in [0, 0.1) is 6.92 Å². The van der Waals surface area contributed by atoms with Gasteiger partial charge in [-0.2, -0.15) is 0 Å². The van der Waals surface area contributed by atoms with Crippen LogP contribution in [0.25, 0.3) is 0 Å². The third kappa shape index (κ3) is 3.13. The average molecular weight is 239 g/mol. The Balaban J connectivity index is 2.01. The largest absolute Gasteiger partial charge is 0.381 e. The number of anilines is 1. The van der Waals surface area contributed by atoms with Crippen LogP contribution in [0.3, 0.4) is 0 Å². The van der Waals surface area contributed by atoms with Crippen molar-refractivity contribution in [3.63, 3.8) is 0 Å². The van der Waals surface area contributed by atoms with E-state index in [-0.39, 0.29) is 0 Å². The van der Waals surface area contributed by atoms with Gasteiger partial charge in [0.1, 0.15) is 0 Å². The average Bonchev–Trinajstić information content (AvgIpc) is 2.51. The second kappa shape index (κ2) is 5.55. The SMILES string of the molecule is Cc1ccc(NC2CCCNCC2)c(Cl)c1. The maximum Gasteiger partial charge on any atom is 0.0640 e. The number of nitrogens with one attached hydrogen (secondary N) is 2. The van der Waals surface area contributed by atoms with Crippen molar-refractivity contribution in [1.82, 2.24) is 5.32 Å². The van der Waals surface area contributed by atoms with Gasteiger partial charge in [0.25, 0.3) is 0 Å². The first-order valence-electron chi connectivity index (χ1n) is 5.99. The van der Waals surface area contributed by atoms with E-state index in [4.69, 9.17) is 11.6 Å². The summed E-state index contributed by atoms with van der Waals surface area (Å²) in [5, 5.41) is 7.79. The van der Waals surface area contributed by atoms with Crippen LogP contribution >= 0.6 is 11.6 Å². The maximum absolute atomic E-state index is 6.21. The van der Waals surface area contributed by atoms with Gasteiger partial charge in [-0.3, -0.25) is 0 Å². The summed E-state index contributed by atoms with van der Waals surface area (Å²) in [7, 11) is 0. The predicted octanol–water partition coefficient (Wildman–Crippen LogP) is 3.20. The molecule has 0 spiro atoms. The quantitative estimate of drug-likeness (QED) is 0.827. The van der Waals surface area contributed by atoms with Gasteiger partial charge in [-0.15, -0.1) is 0 Å². The molecule has 1 aromatic rings. The molecule has 1 aliphatic rings. The summed E-state index contributed by atoms with van der Waals surface area (Å²) in [5.41, 5.74) is 2.28. The van der Waals surface area contributed by atoms with Crippen LogP contribution < -0.4 is 10.6 Å². The van der Waals surface area contributed by atoms with E-state index in [1.54, 1.807) is 0 Å². The third-order valence-electron chi connectivity index (χ3n) is 3.06. The second-order valence-corrected chi connectivity index (χ2v) is 4.91. The van der Waals surface area contributed by atoms with Crippen LogP contribution in [-0.2, 0) is 0 Å². The fourth-order valence-electron chi connectivity index (χ4n) is 2.12. The van der Waals surface area contributed by atoms with Gasteiger partial charge in [-0.05, 0) is 57.0 Å². The molecule has 1 unspecified atom stereocenters. The van der Waals surface area contributed by atoms with Gasteiger partial charge in [0.15, 0.2) is 0 Å². The summed E-state index contributed by atoms with van der Waals surface area (Å²) in [6, 6.07) is 6.74. The molecule has 0 bridgehead atoms. The smallest absolute Gasteiger partial charge is 0.0640 e. The van der Waals surface area contributed by atoms with Gasteiger partial charge < -0.3 is 10.6 Å². The first-order valence-corrected chi connectivity index (χ1v) is 6.37. The Kier molecular flexibility index (Phi) is 4.08. The summed E-state index contributed by atoms with van der Waals surface area (Å²) in [6.45, 7) is 4.30. The van der Waals surface area contributed by atoms with E-state index >= 15 is 0 Å². The van der Waals surface area contributed by atoms with Crippen molar-refractivity contribution < 1.29 is 0 Å². The molecule has 16 heavy (non-hydrogen) atoms. The Morgan fingerprint density at radius 1 is 1.31 bits per heavy atom. The van der Waals surface area contributed by atoms with E-state index in [0.29, 0.717) is 6.04 Å². The van der Waals surface area contributed by atoms with Crippen molar-refractivity contribution in [2.45, 2.75) is 32.2 Å². The summed E-state index contributed by atoms with van der Waals surface area (Å²) >= 11 is 6.21. The van der Waals surface area contributed by atoms with Crippen LogP contribution in [0.4, 0.5) is 5.69 Å². The molecule has 1 aliphatic heterocycles. The summed E-state index contributed by atoms with van der Waals surface area (Å²) in [5.74, 6) is 0. The van der Waals surface area contributed by atoms with E-state index in [2.05, 4.69) is 29.7 Å². The number of rotatable bonds is 2. The number of hydrogen-bond acceptors (Lipinski definition) is 2. The lowest BCUT2D eigenvalue weighted by Crippen LogP contribution is -2.21. The molecule has 0 amide bonds. The van der Waals surface area contributed by atoms with E-state index in [9.17, 15) is 0 Å². The van der Waals surface area contributed by atoms with Crippen molar-refractivity contribution in [3.05, 3.63) is 28.8 Å². The van der Waals surface area contributed by atoms with Gasteiger partial charge >= 0.3 is 0 Å². The van der Waals surface area contributed by atoms with E-state index in [1.165, 1.54) is 24.8 Å². The molecule has 1 fully saturated rings. The van der Waals surface area contributed by atoms with E-state index in [0.717, 1.165) is 23.8 Å². The van der Waals surface area contributed by atoms with E-state index in [1.807, 2.05) is 6.07 Å². The Bertz CT molecular complexity index is 344. The first-order chi connectivity index (χ1) is 7.75. The number of halogens is 1. The molecule has 2 rings (SSSR count). The van der Waals surface area contributed by atoms with Gasteiger partial charge in [-0.25, -0.2) is 0 Å². The second-order valence-electron chi connectivity index (χ2n) is 4.51. The minimum atomic E-state index is 0.551. The van der Waals surface area contributed by atoms with Gasteiger partial charge in [0.05, 0.1) is 10.7 Å². The van der Waals surface area contributed by atoms with Crippen molar-refractivity contribution in [3.8, 4) is 0 Å². The summed E-state index contributed by atoms with van der Waals surface area (Å²) in [4.78, 5) is 0. The highest BCUT2D eigenvalue weighted by Gasteiger charge is 2.12. The normalized spacial score (nSPS) is 21.5. The zero-order valence-corrected chi connectivity index (χ0v) is 10.5. The Morgan fingerprint density at radius 3 is 3.00 bits per heavy atom. The Labute approximate surface area is 102 Å². The molecule has 3 heteroatoms.